The Morgan fingerprint density at radius 3 is 2.17 bits per heavy atom. The molecule has 2 unspecified atom stereocenters. The lowest BCUT2D eigenvalue weighted by molar-refractivity contribution is -0.0297. The van der Waals surface area contributed by atoms with E-state index in [0.717, 1.165) is 6.04 Å². The summed E-state index contributed by atoms with van der Waals surface area (Å²) in [5, 5.41) is 0. The molecule has 0 bridgehead atoms. The van der Waals surface area contributed by atoms with Gasteiger partial charge in [0.1, 0.15) is 0 Å². The molecular weight excluding hydrogens is 296 g/mol. The van der Waals surface area contributed by atoms with Crippen LogP contribution in [0.3, 0.4) is 0 Å². The van der Waals surface area contributed by atoms with Gasteiger partial charge in [-0.25, -0.2) is 0 Å². The lowest BCUT2D eigenvalue weighted by atomic mass is 9.96. The van der Waals surface area contributed by atoms with Crippen LogP contribution in [-0.2, 0) is 0 Å². The van der Waals surface area contributed by atoms with Gasteiger partial charge in [-0.15, -0.1) is 0 Å². The second-order valence-electron chi connectivity index (χ2n) is 9.49. The maximum absolute atomic E-state index is 2.79. The van der Waals surface area contributed by atoms with Crippen molar-refractivity contribution in [1.82, 2.24) is 19.6 Å². The van der Waals surface area contributed by atoms with Crippen LogP contribution in [0.25, 0.3) is 0 Å². The largest absolute Gasteiger partial charge is 0.298 e. The average molecular weight is 337 g/mol. The van der Waals surface area contributed by atoms with E-state index in [1.165, 1.54) is 58.7 Å². The summed E-state index contributed by atoms with van der Waals surface area (Å²) in [6.45, 7) is 23.1. The minimum Gasteiger partial charge on any atom is -0.298 e. The Hall–Kier alpha value is -0.160. The molecule has 3 aliphatic rings. The number of hydrogen-bond donors (Lipinski definition) is 0. The van der Waals surface area contributed by atoms with Crippen molar-refractivity contribution in [3.05, 3.63) is 0 Å². The predicted molar refractivity (Wildman–Crippen MR) is 103 cm³/mol. The first-order valence-corrected chi connectivity index (χ1v) is 10.3. The van der Waals surface area contributed by atoms with Gasteiger partial charge in [-0.2, -0.15) is 0 Å². The van der Waals surface area contributed by atoms with Crippen molar-refractivity contribution in [2.45, 2.75) is 84.1 Å². The third-order valence-electron chi connectivity index (χ3n) is 6.62. The van der Waals surface area contributed by atoms with E-state index in [0.29, 0.717) is 18.1 Å². The molecule has 0 spiro atoms. The summed E-state index contributed by atoms with van der Waals surface area (Å²) >= 11 is 0. The van der Waals surface area contributed by atoms with Gasteiger partial charge in [-0.05, 0) is 54.4 Å². The number of rotatable bonds is 5. The Labute approximate surface area is 150 Å². The van der Waals surface area contributed by atoms with Gasteiger partial charge in [0.2, 0.25) is 0 Å². The van der Waals surface area contributed by atoms with E-state index in [2.05, 4.69) is 61.1 Å². The van der Waals surface area contributed by atoms with Crippen molar-refractivity contribution >= 4 is 0 Å². The predicted octanol–water partition coefficient (Wildman–Crippen LogP) is 2.35. The highest BCUT2D eigenvalue weighted by atomic mass is 15.4. The van der Waals surface area contributed by atoms with Crippen LogP contribution in [0.15, 0.2) is 0 Å². The van der Waals surface area contributed by atoms with Crippen LogP contribution in [0.2, 0.25) is 0 Å². The number of nitrogens with zero attached hydrogens (tertiary/aromatic N) is 4. The van der Waals surface area contributed by atoms with Crippen LogP contribution in [0, 0.1) is 0 Å². The Morgan fingerprint density at radius 2 is 1.62 bits per heavy atom. The normalized spacial score (nSPS) is 32.6. The van der Waals surface area contributed by atoms with E-state index in [1.807, 2.05) is 0 Å². The molecule has 2 atom stereocenters. The second kappa shape index (κ2) is 7.22. The summed E-state index contributed by atoms with van der Waals surface area (Å²) in [6, 6.07) is 2.95. The SMILES string of the molecule is CC(C)N1CCN(CC(C)(C)N2CCN(C3CC3)CC2C)C(C)C1. The van der Waals surface area contributed by atoms with Crippen LogP contribution in [-0.4, -0.2) is 95.1 Å². The van der Waals surface area contributed by atoms with Crippen molar-refractivity contribution in [1.29, 1.82) is 0 Å². The first-order valence-electron chi connectivity index (χ1n) is 10.3. The first-order chi connectivity index (χ1) is 11.3. The smallest absolute Gasteiger partial charge is 0.0284 e. The molecule has 2 aliphatic heterocycles. The highest BCUT2D eigenvalue weighted by molar-refractivity contribution is 4.97. The molecule has 1 aliphatic carbocycles. The Kier molecular flexibility index (Phi) is 5.60. The Balaban J connectivity index is 1.55. The molecule has 4 heteroatoms. The number of hydrogen-bond acceptors (Lipinski definition) is 4. The zero-order valence-electron chi connectivity index (χ0n) is 17.0. The molecule has 0 radical (unpaired) electrons. The molecule has 24 heavy (non-hydrogen) atoms. The van der Waals surface area contributed by atoms with Crippen LogP contribution in [0.1, 0.15) is 54.4 Å². The van der Waals surface area contributed by atoms with Crippen LogP contribution < -0.4 is 0 Å². The fraction of sp³-hybridized carbons (Fsp3) is 1.00. The van der Waals surface area contributed by atoms with Crippen molar-refractivity contribution in [3.8, 4) is 0 Å². The fourth-order valence-corrected chi connectivity index (χ4v) is 4.97. The molecule has 1 saturated carbocycles. The highest BCUT2D eigenvalue weighted by Gasteiger charge is 2.40. The minimum atomic E-state index is 0.267. The third-order valence-corrected chi connectivity index (χ3v) is 6.62. The van der Waals surface area contributed by atoms with Crippen molar-refractivity contribution in [2.75, 3.05) is 45.8 Å². The van der Waals surface area contributed by atoms with Crippen LogP contribution >= 0.6 is 0 Å². The quantitative estimate of drug-likeness (QED) is 0.764. The standard InChI is InChI=1S/C20H40N4/c1-16(2)21-9-10-23(17(3)13-21)15-20(5,6)24-12-11-22(14-18(24)4)19-7-8-19/h16-19H,7-15H2,1-6H3. The van der Waals surface area contributed by atoms with Gasteiger partial charge >= 0.3 is 0 Å². The molecule has 4 nitrogen and oxygen atoms in total. The molecule has 3 rings (SSSR count). The molecule has 0 aromatic rings. The fourth-order valence-electron chi connectivity index (χ4n) is 4.97. The van der Waals surface area contributed by atoms with Crippen molar-refractivity contribution < 1.29 is 0 Å². The van der Waals surface area contributed by atoms with E-state index in [9.17, 15) is 0 Å². The lowest BCUT2D eigenvalue weighted by Crippen LogP contribution is -2.64. The lowest BCUT2D eigenvalue weighted by Gasteiger charge is -2.52. The minimum absolute atomic E-state index is 0.267. The monoisotopic (exact) mass is 336 g/mol. The maximum Gasteiger partial charge on any atom is 0.0284 e. The summed E-state index contributed by atoms with van der Waals surface area (Å²) in [6.07, 6.45) is 2.88. The van der Waals surface area contributed by atoms with Crippen LogP contribution in [0.5, 0.6) is 0 Å². The van der Waals surface area contributed by atoms with E-state index in [4.69, 9.17) is 0 Å². The average Bonchev–Trinajstić information content (AvgIpc) is 3.33. The molecule has 0 amide bonds. The third kappa shape index (κ3) is 4.14. The summed E-state index contributed by atoms with van der Waals surface area (Å²) in [5.74, 6) is 0. The highest BCUT2D eigenvalue weighted by Crippen LogP contribution is 2.31. The zero-order chi connectivity index (χ0) is 17.5. The zero-order valence-corrected chi connectivity index (χ0v) is 17.0. The Bertz CT molecular complexity index is 418. The van der Waals surface area contributed by atoms with E-state index < -0.39 is 0 Å². The molecule has 0 aromatic heterocycles. The molecular formula is C20H40N4. The van der Waals surface area contributed by atoms with Gasteiger partial charge in [0, 0.05) is 75.5 Å². The van der Waals surface area contributed by atoms with Crippen LogP contribution in [0.4, 0.5) is 0 Å². The maximum atomic E-state index is 2.79. The first kappa shape index (κ1) is 18.6. The molecule has 140 valence electrons. The van der Waals surface area contributed by atoms with E-state index >= 15 is 0 Å². The summed E-state index contributed by atoms with van der Waals surface area (Å²) in [7, 11) is 0. The van der Waals surface area contributed by atoms with Gasteiger partial charge < -0.3 is 0 Å². The van der Waals surface area contributed by atoms with E-state index in [1.54, 1.807) is 0 Å². The van der Waals surface area contributed by atoms with Gasteiger partial charge in [0.25, 0.3) is 0 Å². The van der Waals surface area contributed by atoms with Crippen molar-refractivity contribution in [2.24, 2.45) is 0 Å². The molecule has 2 saturated heterocycles. The van der Waals surface area contributed by atoms with Gasteiger partial charge in [-0.3, -0.25) is 19.6 Å². The van der Waals surface area contributed by atoms with E-state index in [-0.39, 0.29) is 5.54 Å². The van der Waals surface area contributed by atoms with Gasteiger partial charge in [0.05, 0.1) is 0 Å². The molecule has 0 aromatic carbocycles. The second-order valence-corrected chi connectivity index (χ2v) is 9.49. The summed E-state index contributed by atoms with van der Waals surface area (Å²) in [5.41, 5.74) is 0.267. The van der Waals surface area contributed by atoms with Crippen molar-refractivity contribution in [3.63, 3.8) is 0 Å². The molecule has 0 N–H and O–H groups in total. The summed E-state index contributed by atoms with van der Waals surface area (Å²) < 4.78 is 0. The molecule has 2 heterocycles. The Morgan fingerprint density at radius 1 is 0.917 bits per heavy atom. The molecule has 3 fully saturated rings. The van der Waals surface area contributed by atoms with Gasteiger partial charge in [0.15, 0.2) is 0 Å². The van der Waals surface area contributed by atoms with Gasteiger partial charge in [-0.1, -0.05) is 0 Å². The number of piperazine rings is 2. The topological polar surface area (TPSA) is 13.0 Å². The summed E-state index contributed by atoms with van der Waals surface area (Å²) in [4.78, 5) is 10.9.